The first kappa shape index (κ1) is 34.3. The molecule has 0 aliphatic carbocycles. The molecule has 252 valence electrons. The number of rotatable bonds is 15. The van der Waals surface area contributed by atoms with Crippen molar-refractivity contribution in [3.8, 4) is 5.75 Å². The van der Waals surface area contributed by atoms with Gasteiger partial charge in [0, 0.05) is 11.5 Å². The van der Waals surface area contributed by atoms with Crippen LogP contribution in [0, 0.1) is 5.92 Å². The maximum Gasteiger partial charge on any atom is 0.264 e. The van der Waals surface area contributed by atoms with E-state index >= 15 is 4.79 Å². The normalized spacial score (nSPS) is 22.0. The predicted molar refractivity (Wildman–Crippen MR) is 190 cm³/mol. The van der Waals surface area contributed by atoms with Crippen LogP contribution in [0.5, 0.6) is 5.75 Å². The summed E-state index contributed by atoms with van der Waals surface area (Å²) in [5.74, 6) is -1.56. The number of benzene rings is 5. The SMILES string of the molecule is CC[C@H]1O[C@@](OCc2ccccc2)(C(=O)c2ccc(OCc3ccccc3)cc2)[C@H](OCc2ccccc2)[C@@H](OCc2ccccc2)[C@@H]1C. The van der Waals surface area contributed by atoms with Crippen LogP contribution in [0.1, 0.15) is 52.9 Å². The fourth-order valence-electron chi connectivity index (χ4n) is 6.30. The fourth-order valence-corrected chi connectivity index (χ4v) is 6.30. The van der Waals surface area contributed by atoms with Gasteiger partial charge in [-0.15, -0.1) is 0 Å². The summed E-state index contributed by atoms with van der Waals surface area (Å²) in [6.07, 6.45) is -1.07. The maximum absolute atomic E-state index is 15.0. The molecule has 0 unspecified atom stereocenters. The van der Waals surface area contributed by atoms with Crippen molar-refractivity contribution in [2.45, 2.75) is 70.8 Å². The molecule has 0 bridgehead atoms. The van der Waals surface area contributed by atoms with Gasteiger partial charge in [0.25, 0.3) is 5.79 Å². The van der Waals surface area contributed by atoms with E-state index in [1.165, 1.54) is 0 Å². The monoisotopic (exact) mass is 656 g/mol. The van der Waals surface area contributed by atoms with Crippen LogP contribution in [-0.4, -0.2) is 29.9 Å². The van der Waals surface area contributed by atoms with E-state index < -0.39 is 18.0 Å². The van der Waals surface area contributed by atoms with E-state index in [4.69, 9.17) is 23.7 Å². The zero-order chi connectivity index (χ0) is 33.9. The summed E-state index contributed by atoms with van der Waals surface area (Å²) in [7, 11) is 0. The third-order valence-corrected chi connectivity index (χ3v) is 9.04. The van der Waals surface area contributed by atoms with Gasteiger partial charge in [-0.3, -0.25) is 4.79 Å². The molecular weight excluding hydrogens is 612 g/mol. The maximum atomic E-state index is 15.0. The van der Waals surface area contributed by atoms with E-state index in [2.05, 4.69) is 13.8 Å². The lowest BCUT2D eigenvalue weighted by molar-refractivity contribution is -0.344. The minimum Gasteiger partial charge on any atom is -0.489 e. The average molecular weight is 657 g/mol. The van der Waals surface area contributed by atoms with Crippen molar-refractivity contribution in [3.05, 3.63) is 173 Å². The molecule has 1 aliphatic heterocycles. The highest BCUT2D eigenvalue weighted by Gasteiger charge is 2.60. The number of ketones is 1. The lowest BCUT2D eigenvalue weighted by atomic mass is 9.81. The van der Waals surface area contributed by atoms with Crippen LogP contribution < -0.4 is 4.74 Å². The molecular formula is C43H44O6. The highest BCUT2D eigenvalue weighted by molar-refractivity contribution is 6.02. The van der Waals surface area contributed by atoms with E-state index in [-0.39, 0.29) is 31.0 Å². The molecule has 6 heteroatoms. The molecule has 0 radical (unpaired) electrons. The molecule has 5 atom stereocenters. The quantitative estimate of drug-likeness (QED) is 0.105. The molecule has 0 N–H and O–H groups in total. The molecule has 6 nitrogen and oxygen atoms in total. The predicted octanol–water partition coefficient (Wildman–Crippen LogP) is 8.98. The Morgan fingerprint density at radius 2 is 1.08 bits per heavy atom. The van der Waals surface area contributed by atoms with Crippen molar-refractivity contribution in [2.24, 2.45) is 5.92 Å². The van der Waals surface area contributed by atoms with Gasteiger partial charge in [0.1, 0.15) is 18.5 Å². The molecule has 1 heterocycles. The lowest BCUT2D eigenvalue weighted by Gasteiger charge is -2.51. The molecule has 1 saturated heterocycles. The fraction of sp³-hybridized carbons (Fsp3) is 0.279. The molecule has 0 aromatic heterocycles. The Kier molecular flexibility index (Phi) is 11.7. The van der Waals surface area contributed by atoms with Crippen molar-refractivity contribution in [1.82, 2.24) is 0 Å². The average Bonchev–Trinajstić information content (AvgIpc) is 3.17. The van der Waals surface area contributed by atoms with Crippen molar-refractivity contribution >= 4 is 5.78 Å². The van der Waals surface area contributed by atoms with Crippen molar-refractivity contribution < 1.29 is 28.5 Å². The van der Waals surface area contributed by atoms with Gasteiger partial charge >= 0.3 is 0 Å². The number of carbonyl (C=O) groups excluding carboxylic acids is 1. The summed E-state index contributed by atoms with van der Waals surface area (Å²) in [5, 5.41) is 0. The zero-order valence-corrected chi connectivity index (χ0v) is 28.2. The first-order chi connectivity index (χ1) is 24.1. The molecule has 1 aliphatic rings. The van der Waals surface area contributed by atoms with Gasteiger partial charge < -0.3 is 23.7 Å². The highest BCUT2D eigenvalue weighted by atomic mass is 16.7. The molecule has 0 spiro atoms. The Hall–Kier alpha value is -4.59. The Bertz CT molecular complexity index is 1710. The number of hydrogen-bond donors (Lipinski definition) is 0. The minimum absolute atomic E-state index is 0.0931. The number of carbonyl (C=O) groups is 1. The summed E-state index contributed by atoms with van der Waals surface area (Å²) >= 11 is 0. The van der Waals surface area contributed by atoms with Gasteiger partial charge in [-0.1, -0.05) is 135 Å². The van der Waals surface area contributed by atoms with Crippen LogP contribution in [0.25, 0.3) is 0 Å². The summed E-state index contributed by atoms with van der Waals surface area (Å²) in [6, 6.07) is 46.9. The van der Waals surface area contributed by atoms with Crippen LogP contribution >= 0.6 is 0 Å². The highest BCUT2D eigenvalue weighted by Crippen LogP contribution is 2.42. The van der Waals surface area contributed by atoms with Crippen molar-refractivity contribution in [3.63, 3.8) is 0 Å². The van der Waals surface area contributed by atoms with Gasteiger partial charge in [0.2, 0.25) is 5.78 Å². The third kappa shape index (κ3) is 8.53. The van der Waals surface area contributed by atoms with Gasteiger partial charge in [0.05, 0.1) is 32.0 Å². The summed E-state index contributed by atoms with van der Waals surface area (Å²) < 4.78 is 33.2. The van der Waals surface area contributed by atoms with Crippen LogP contribution in [0.4, 0.5) is 0 Å². The van der Waals surface area contributed by atoms with E-state index in [0.29, 0.717) is 30.9 Å². The standard InChI is InChI=1S/C43H44O6/c1-3-39-32(2)40(46-29-34-18-10-5-11-19-34)42(47-30-35-20-12-6-13-21-35)43(49-39,48-31-36-22-14-7-15-23-36)41(44)37-24-26-38(27-25-37)45-28-33-16-8-4-9-17-33/h4-27,32,39-40,42H,3,28-31H2,1-2H3/t32-,39-,40+,42-,43+/m1/s1. The topological polar surface area (TPSA) is 63.2 Å². The first-order valence-electron chi connectivity index (χ1n) is 17.0. The second kappa shape index (κ2) is 16.7. The lowest BCUT2D eigenvalue weighted by Crippen LogP contribution is -2.67. The van der Waals surface area contributed by atoms with Gasteiger partial charge in [-0.2, -0.15) is 0 Å². The number of ether oxygens (including phenoxy) is 5. The van der Waals surface area contributed by atoms with Crippen LogP contribution in [-0.2, 0) is 45.4 Å². The first-order valence-corrected chi connectivity index (χ1v) is 17.0. The Morgan fingerprint density at radius 1 is 0.612 bits per heavy atom. The van der Waals surface area contributed by atoms with Crippen molar-refractivity contribution in [1.29, 1.82) is 0 Å². The van der Waals surface area contributed by atoms with E-state index in [1.54, 1.807) is 12.1 Å². The van der Waals surface area contributed by atoms with Gasteiger partial charge in [-0.05, 0) is 52.9 Å². The van der Waals surface area contributed by atoms with Gasteiger partial charge in [-0.25, -0.2) is 0 Å². The second-order valence-electron chi connectivity index (χ2n) is 12.5. The smallest absolute Gasteiger partial charge is 0.264 e. The Labute approximate surface area is 289 Å². The van der Waals surface area contributed by atoms with Crippen LogP contribution in [0.15, 0.2) is 146 Å². The van der Waals surface area contributed by atoms with Crippen LogP contribution in [0.3, 0.4) is 0 Å². The third-order valence-electron chi connectivity index (χ3n) is 9.04. The molecule has 5 aromatic carbocycles. The molecule has 49 heavy (non-hydrogen) atoms. The Morgan fingerprint density at radius 3 is 1.59 bits per heavy atom. The molecule has 5 aromatic rings. The molecule has 1 fully saturated rings. The summed E-state index contributed by atoms with van der Waals surface area (Å²) in [6.45, 7) is 5.34. The Balaban J connectivity index is 1.36. The van der Waals surface area contributed by atoms with E-state index in [1.807, 2.05) is 133 Å². The minimum atomic E-state index is -1.80. The molecule has 6 rings (SSSR count). The largest absolute Gasteiger partial charge is 0.489 e. The molecule has 0 amide bonds. The summed E-state index contributed by atoms with van der Waals surface area (Å²) in [5.41, 5.74) is 4.41. The zero-order valence-electron chi connectivity index (χ0n) is 28.2. The second-order valence-corrected chi connectivity index (χ2v) is 12.5. The summed E-state index contributed by atoms with van der Waals surface area (Å²) in [4.78, 5) is 15.0. The van der Waals surface area contributed by atoms with Crippen LogP contribution in [0.2, 0.25) is 0 Å². The number of hydrogen-bond acceptors (Lipinski definition) is 6. The van der Waals surface area contributed by atoms with Crippen molar-refractivity contribution in [2.75, 3.05) is 0 Å². The number of Topliss-reactive ketones (excluding diaryl/α,β-unsaturated/α-hetero) is 1. The van der Waals surface area contributed by atoms with E-state index in [0.717, 1.165) is 22.3 Å². The van der Waals surface area contributed by atoms with E-state index in [9.17, 15) is 0 Å². The van der Waals surface area contributed by atoms with Gasteiger partial charge in [0.15, 0.2) is 0 Å². The molecule has 0 saturated carbocycles.